The molecule has 2 saturated carbocycles. The van der Waals surface area contributed by atoms with Gasteiger partial charge in [-0.15, -0.1) is 0 Å². The second kappa shape index (κ2) is 4.30. The first-order chi connectivity index (χ1) is 8.31. The monoisotopic (exact) mass is 228 g/mol. The predicted molar refractivity (Wildman–Crippen MR) is 67.4 cm³/mol. The Morgan fingerprint density at radius 1 is 1.29 bits per heavy atom. The van der Waals surface area contributed by atoms with Crippen LogP contribution in [-0.2, 0) is 0 Å². The number of pyridine rings is 1. The molecule has 2 bridgehead atoms. The highest BCUT2D eigenvalue weighted by Gasteiger charge is 2.39. The second-order valence-corrected chi connectivity index (χ2v) is 5.02. The lowest BCUT2D eigenvalue weighted by molar-refractivity contribution is 0.421. The number of hydrogen-bond donors (Lipinski definition) is 1. The molecule has 2 aliphatic rings. The number of nitrogens with zero attached hydrogens (tertiary/aromatic N) is 3. The van der Waals surface area contributed by atoms with E-state index in [4.69, 9.17) is 5.73 Å². The maximum Gasteiger partial charge on any atom is 0.123 e. The van der Waals surface area contributed by atoms with Gasteiger partial charge in [0.05, 0.1) is 23.9 Å². The van der Waals surface area contributed by atoms with Gasteiger partial charge in [0, 0.05) is 0 Å². The topological polar surface area (TPSA) is 63.6 Å². The lowest BCUT2D eigenvalue weighted by atomic mass is 9.96. The van der Waals surface area contributed by atoms with Gasteiger partial charge < -0.3 is 5.73 Å². The third-order valence-electron chi connectivity index (χ3n) is 3.87. The Balaban J connectivity index is 1.68. The Bertz CT molecular complexity index is 459. The van der Waals surface area contributed by atoms with Crippen LogP contribution in [0.5, 0.6) is 0 Å². The molecule has 0 spiro atoms. The SMILES string of the molecule is Nc1ccc(N=C=NC2CC3CCC2C3)cn1. The summed E-state index contributed by atoms with van der Waals surface area (Å²) in [4.78, 5) is 12.6. The summed E-state index contributed by atoms with van der Waals surface area (Å²) in [6.07, 6.45) is 6.96. The minimum absolute atomic E-state index is 0.458. The van der Waals surface area contributed by atoms with Crippen LogP contribution in [0.3, 0.4) is 0 Å². The van der Waals surface area contributed by atoms with Gasteiger partial charge >= 0.3 is 0 Å². The van der Waals surface area contributed by atoms with Crippen molar-refractivity contribution in [3.05, 3.63) is 18.3 Å². The Hall–Kier alpha value is -1.67. The molecule has 3 unspecified atom stereocenters. The molecule has 2 fully saturated rings. The molecule has 0 saturated heterocycles. The molecular weight excluding hydrogens is 212 g/mol. The number of fused-ring (bicyclic) bond motifs is 2. The fraction of sp³-hybridized carbons (Fsp3) is 0.538. The molecule has 3 atom stereocenters. The summed E-state index contributed by atoms with van der Waals surface area (Å²) in [6.45, 7) is 0. The first-order valence-electron chi connectivity index (χ1n) is 6.18. The van der Waals surface area contributed by atoms with Crippen molar-refractivity contribution in [2.75, 3.05) is 5.73 Å². The molecule has 2 aliphatic carbocycles. The zero-order valence-corrected chi connectivity index (χ0v) is 9.71. The van der Waals surface area contributed by atoms with Crippen LogP contribution in [-0.4, -0.2) is 17.0 Å². The van der Waals surface area contributed by atoms with E-state index in [1.807, 2.05) is 6.07 Å². The minimum Gasteiger partial charge on any atom is -0.384 e. The van der Waals surface area contributed by atoms with Crippen LogP contribution in [0, 0.1) is 11.8 Å². The van der Waals surface area contributed by atoms with Gasteiger partial charge in [-0.1, -0.05) is 6.42 Å². The van der Waals surface area contributed by atoms with Crippen molar-refractivity contribution in [3.63, 3.8) is 0 Å². The summed E-state index contributed by atoms with van der Waals surface area (Å²) >= 11 is 0. The number of hydrogen-bond acceptors (Lipinski definition) is 4. The third-order valence-corrected chi connectivity index (χ3v) is 3.87. The van der Waals surface area contributed by atoms with Crippen molar-refractivity contribution in [2.45, 2.75) is 31.7 Å². The Morgan fingerprint density at radius 3 is 2.88 bits per heavy atom. The van der Waals surface area contributed by atoms with E-state index in [1.165, 1.54) is 25.7 Å². The fourth-order valence-electron chi connectivity index (χ4n) is 2.99. The van der Waals surface area contributed by atoms with Crippen molar-refractivity contribution in [3.8, 4) is 0 Å². The molecule has 0 aliphatic heterocycles. The van der Waals surface area contributed by atoms with Gasteiger partial charge in [-0.05, 0) is 43.2 Å². The third kappa shape index (κ3) is 2.22. The molecule has 3 rings (SSSR count). The number of anilines is 1. The van der Waals surface area contributed by atoms with Crippen LogP contribution in [0.25, 0.3) is 0 Å². The molecule has 4 heteroatoms. The molecule has 1 aromatic rings. The summed E-state index contributed by atoms with van der Waals surface area (Å²) < 4.78 is 0. The van der Waals surface area contributed by atoms with E-state index in [2.05, 4.69) is 21.0 Å². The van der Waals surface area contributed by atoms with Gasteiger partial charge in [0.15, 0.2) is 0 Å². The van der Waals surface area contributed by atoms with Crippen LogP contribution in [0.2, 0.25) is 0 Å². The van der Waals surface area contributed by atoms with E-state index in [9.17, 15) is 0 Å². The maximum atomic E-state index is 5.50. The first kappa shape index (κ1) is 10.5. The average molecular weight is 228 g/mol. The number of aliphatic imine (C=N–C) groups is 2. The zero-order chi connectivity index (χ0) is 11.7. The van der Waals surface area contributed by atoms with Gasteiger partial charge in [-0.25, -0.2) is 9.98 Å². The zero-order valence-electron chi connectivity index (χ0n) is 9.71. The van der Waals surface area contributed by atoms with Crippen molar-refractivity contribution < 1.29 is 0 Å². The smallest absolute Gasteiger partial charge is 0.123 e. The molecule has 0 radical (unpaired) electrons. The van der Waals surface area contributed by atoms with E-state index in [0.717, 1.165) is 17.5 Å². The normalized spacial score (nSPS) is 30.0. The lowest BCUT2D eigenvalue weighted by Gasteiger charge is -2.15. The Kier molecular flexibility index (Phi) is 2.65. The predicted octanol–water partition coefficient (Wildman–Crippen LogP) is 2.66. The van der Waals surface area contributed by atoms with Crippen LogP contribution in [0.4, 0.5) is 11.5 Å². The number of nitrogen functional groups attached to an aromatic ring is 1. The highest BCUT2D eigenvalue weighted by atomic mass is 14.9. The van der Waals surface area contributed by atoms with Gasteiger partial charge in [-0.2, -0.15) is 4.99 Å². The molecule has 2 N–H and O–H groups in total. The largest absolute Gasteiger partial charge is 0.384 e. The molecule has 1 heterocycles. The molecule has 88 valence electrons. The molecular formula is C13H16N4. The van der Waals surface area contributed by atoms with Crippen LogP contribution >= 0.6 is 0 Å². The van der Waals surface area contributed by atoms with E-state index >= 15 is 0 Å². The highest BCUT2D eigenvalue weighted by molar-refractivity contribution is 5.52. The Labute approximate surface area is 101 Å². The lowest BCUT2D eigenvalue weighted by Crippen LogP contribution is -2.13. The minimum atomic E-state index is 0.458. The van der Waals surface area contributed by atoms with Crippen molar-refractivity contribution in [1.29, 1.82) is 0 Å². The van der Waals surface area contributed by atoms with Gasteiger partial charge in [0.25, 0.3) is 0 Å². The second-order valence-electron chi connectivity index (χ2n) is 5.02. The van der Waals surface area contributed by atoms with Crippen LogP contribution in [0.15, 0.2) is 28.3 Å². The summed E-state index contributed by atoms with van der Waals surface area (Å²) in [5.74, 6) is 2.20. The average Bonchev–Trinajstić information content (AvgIpc) is 2.94. The summed E-state index contributed by atoms with van der Waals surface area (Å²) in [5, 5.41) is 0. The molecule has 17 heavy (non-hydrogen) atoms. The van der Waals surface area contributed by atoms with Crippen molar-refractivity contribution in [2.24, 2.45) is 21.8 Å². The summed E-state index contributed by atoms with van der Waals surface area (Å²) in [6, 6.07) is 6.83. The molecule has 0 amide bonds. The Morgan fingerprint density at radius 2 is 2.24 bits per heavy atom. The van der Waals surface area contributed by atoms with E-state index in [1.54, 1.807) is 12.3 Å². The van der Waals surface area contributed by atoms with Crippen LogP contribution in [0.1, 0.15) is 25.7 Å². The number of nitrogens with two attached hydrogens (primary N) is 1. The van der Waals surface area contributed by atoms with E-state index in [-0.39, 0.29) is 0 Å². The van der Waals surface area contributed by atoms with E-state index in [0.29, 0.717) is 11.9 Å². The first-order valence-corrected chi connectivity index (χ1v) is 6.18. The van der Waals surface area contributed by atoms with Gasteiger partial charge in [-0.3, -0.25) is 0 Å². The van der Waals surface area contributed by atoms with Crippen molar-refractivity contribution >= 4 is 17.5 Å². The highest BCUT2D eigenvalue weighted by Crippen LogP contribution is 2.45. The maximum absolute atomic E-state index is 5.50. The van der Waals surface area contributed by atoms with Crippen molar-refractivity contribution in [1.82, 2.24) is 4.98 Å². The number of aromatic nitrogens is 1. The molecule has 0 aromatic carbocycles. The quantitative estimate of drug-likeness (QED) is 0.791. The molecule has 4 nitrogen and oxygen atoms in total. The van der Waals surface area contributed by atoms with E-state index < -0.39 is 0 Å². The van der Waals surface area contributed by atoms with Gasteiger partial charge in [0.1, 0.15) is 5.82 Å². The standard InChI is InChI=1S/C13H16N4/c14-13-4-3-11(7-15-13)16-8-17-12-6-9-1-2-10(12)5-9/h3-4,7,9-10,12H,1-2,5-6H2,(H2,14,15). The van der Waals surface area contributed by atoms with Gasteiger partial charge in [0.2, 0.25) is 0 Å². The van der Waals surface area contributed by atoms with Crippen LogP contribution < -0.4 is 5.73 Å². The summed E-state index contributed by atoms with van der Waals surface area (Å²) in [7, 11) is 0. The summed E-state index contributed by atoms with van der Waals surface area (Å²) in [5.41, 5.74) is 6.25. The fourth-order valence-corrected chi connectivity index (χ4v) is 2.99. The molecule has 1 aromatic heterocycles. The number of rotatable bonds is 2.